The molecular weight excluding hydrogens is 310 g/mol. The Kier molecular flexibility index (Phi) is 3.93. The number of hydrogen-bond acceptors (Lipinski definition) is 1. The van der Waals surface area contributed by atoms with Crippen molar-refractivity contribution in [2.75, 3.05) is 7.11 Å². The molecule has 0 heterocycles. The fraction of sp³-hybridized carbons (Fsp3) is 0.250. The molecule has 66 valence electrons. The molecule has 0 spiro atoms. The van der Waals surface area contributed by atoms with Crippen molar-refractivity contribution in [2.45, 2.75) is 5.88 Å². The van der Waals surface area contributed by atoms with Crippen LogP contribution in [0.5, 0.6) is 5.75 Å². The van der Waals surface area contributed by atoms with E-state index in [9.17, 15) is 0 Å². The first kappa shape index (κ1) is 10.4. The zero-order valence-corrected chi connectivity index (χ0v) is 10.1. The Morgan fingerprint density at radius 1 is 1.50 bits per heavy atom. The molecule has 1 aromatic rings. The Morgan fingerprint density at radius 3 is 2.67 bits per heavy atom. The van der Waals surface area contributed by atoms with E-state index >= 15 is 0 Å². The molecule has 0 saturated carbocycles. The number of halogens is 3. The number of ether oxygens (including phenoxy) is 1. The van der Waals surface area contributed by atoms with Crippen LogP contribution >= 0.6 is 45.8 Å². The quantitative estimate of drug-likeness (QED) is 0.597. The van der Waals surface area contributed by atoms with Gasteiger partial charge in [0, 0.05) is 9.13 Å². The Bertz CT molecular complexity index is 260. The fourth-order valence-corrected chi connectivity index (χ4v) is 1.70. The van der Waals surface area contributed by atoms with E-state index in [1.54, 1.807) is 7.11 Å². The van der Waals surface area contributed by atoms with Crippen molar-refractivity contribution >= 4 is 45.8 Å². The molecule has 1 aromatic carbocycles. The van der Waals surface area contributed by atoms with Crippen molar-refractivity contribution in [2.24, 2.45) is 0 Å². The molecule has 0 aliphatic heterocycles. The predicted octanol–water partition coefficient (Wildman–Crippen LogP) is 3.69. The normalized spacial score (nSPS) is 10.0. The topological polar surface area (TPSA) is 9.23 Å². The highest BCUT2D eigenvalue weighted by Gasteiger charge is 2.05. The smallest absolute Gasteiger partial charge is 0.124 e. The van der Waals surface area contributed by atoms with Gasteiger partial charge >= 0.3 is 0 Å². The summed E-state index contributed by atoms with van der Waals surface area (Å²) >= 11 is 13.7. The van der Waals surface area contributed by atoms with Crippen molar-refractivity contribution in [1.82, 2.24) is 0 Å². The van der Waals surface area contributed by atoms with Gasteiger partial charge < -0.3 is 4.74 Å². The minimum atomic E-state index is 0.416. The molecule has 0 unspecified atom stereocenters. The van der Waals surface area contributed by atoms with E-state index in [4.69, 9.17) is 27.9 Å². The number of methoxy groups -OCH3 is 1. The zero-order chi connectivity index (χ0) is 9.14. The summed E-state index contributed by atoms with van der Waals surface area (Å²) in [5, 5.41) is 0.715. The van der Waals surface area contributed by atoms with Gasteiger partial charge in [-0.2, -0.15) is 0 Å². The fourth-order valence-electron chi connectivity index (χ4n) is 0.864. The van der Waals surface area contributed by atoms with Gasteiger partial charge in [-0.05, 0) is 34.7 Å². The highest BCUT2D eigenvalue weighted by Crippen LogP contribution is 2.28. The maximum atomic E-state index is 5.90. The molecule has 0 aromatic heterocycles. The van der Waals surface area contributed by atoms with E-state index in [-0.39, 0.29) is 0 Å². The van der Waals surface area contributed by atoms with Crippen molar-refractivity contribution in [3.05, 3.63) is 26.3 Å². The lowest BCUT2D eigenvalue weighted by Crippen LogP contribution is -1.90. The van der Waals surface area contributed by atoms with E-state index in [2.05, 4.69) is 22.6 Å². The van der Waals surface area contributed by atoms with E-state index in [1.165, 1.54) is 0 Å². The van der Waals surface area contributed by atoms with Crippen LogP contribution in [0.2, 0.25) is 5.02 Å². The monoisotopic (exact) mass is 316 g/mol. The van der Waals surface area contributed by atoms with Crippen molar-refractivity contribution in [1.29, 1.82) is 0 Å². The van der Waals surface area contributed by atoms with Gasteiger partial charge in [0.2, 0.25) is 0 Å². The predicted molar refractivity (Wildman–Crippen MR) is 60.3 cm³/mol. The third kappa shape index (κ3) is 2.18. The Morgan fingerprint density at radius 2 is 2.17 bits per heavy atom. The second kappa shape index (κ2) is 4.53. The van der Waals surface area contributed by atoms with Crippen LogP contribution in [0.1, 0.15) is 5.56 Å². The van der Waals surface area contributed by atoms with Gasteiger partial charge in [-0.1, -0.05) is 11.6 Å². The van der Waals surface area contributed by atoms with Crippen LogP contribution in [0.3, 0.4) is 0 Å². The molecule has 1 rings (SSSR count). The maximum absolute atomic E-state index is 5.90. The molecule has 0 atom stereocenters. The maximum Gasteiger partial charge on any atom is 0.124 e. The first-order chi connectivity index (χ1) is 5.69. The molecule has 0 aliphatic rings. The van der Waals surface area contributed by atoms with Crippen molar-refractivity contribution in [3.63, 3.8) is 0 Å². The summed E-state index contributed by atoms with van der Waals surface area (Å²) in [6, 6.07) is 3.70. The lowest BCUT2D eigenvalue weighted by molar-refractivity contribution is 0.411. The van der Waals surface area contributed by atoms with Crippen LogP contribution in [-0.4, -0.2) is 7.11 Å². The lowest BCUT2D eigenvalue weighted by Gasteiger charge is -2.07. The number of hydrogen-bond donors (Lipinski definition) is 0. The third-order valence-corrected chi connectivity index (χ3v) is 3.28. The third-order valence-electron chi connectivity index (χ3n) is 1.47. The molecule has 4 heteroatoms. The Hall–Kier alpha value is 0.330. The minimum Gasteiger partial charge on any atom is -0.496 e. The van der Waals surface area contributed by atoms with E-state index < -0.39 is 0 Å². The van der Waals surface area contributed by atoms with E-state index in [0.29, 0.717) is 10.9 Å². The molecular formula is C8H7Cl2IO. The first-order valence-electron chi connectivity index (χ1n) is 3.27. The molecule has 0 saturated heterocycles. The highest BCUT2D eigenvalue weighted by atomic mass is 127. The summed E-state index contributed by atoms with van der Waals surface area (Å²) in [7, 11) is 1.62. The zero-order valence-electron chi connectivity index (χ0n) is 6.40. The molecule has 0 N–H and O–H groups in total. The second-order valence-corrected chi connectivity index (χ2v) is 4.05. The Balaban J connectivity index is 3.19. The van der Waals surface area contributed by atoms with Crippen LogP contribution in [-0.2, 0) is 5.88 Å². The number of benzene rings is 1. The highest BCUT2D eigenvalue weighted by molar-refractivity contribution is 14.1. The summed E-state index contributed by atoms with van der Waals surface area (Å²) in [5.74, 6) is 1.21. The number of rotatable bonds is 2. The van der Waals surface area contributed by atoms with Crippen molar-refractivity contribution < 1.29 is 4.74 Å². The molecule has 0 aliphatic carbocycles. The average molecular weight is 317 g/mol. The van der Waals surface area contributed by atoms with Crippen LogP contribution in [0.25, 0.3) is 0 Å². The molecule has 1 nitrogen and oxygen atoms in total. The molecule has 0 bridgehead atoms. The number of alkyl halides is 1. The van der Waals surface area contributed by atoms with Gasteiger partial charge in [0.05, 0.1) is 18.0 Å². The molecule has 0 amide bonds. The van der Waals surface area contributed by atoms with Crippen LogP contribution in [0.15, 0.2) is 12.1 Å². The first-order valence-corrected chi connectivity index (χ1v) is 5.26. The van der Waals surface area contributed by atoms with Crippen molar-refractivity contribution in [3.8, 4) is 5.75 Å². The standard InChI is InChI=1S/C8H7Cl2IO/c1-12-8-3-7(11)6(10)2-5(8)4-9/h2-3H,4H2,1H3. The summed E-state index contributed by atoms with van der Waals surface area (Å²) < 4.78 is 6.10. The SMILES string of the molecule is COc1cc(I)c(Cl)cc1CCl. The summed E-state index contributed by atoms with van der Waals surface area (Å²) in [6.07, 6.45) is 0. The largest absolute Gasteiger partial charge is 0.496 e. The van der Waals surface area contributed by atoms with Gasteiger partial charge in [0.25, 0.3) is 0 Å². The molecule has 12 heavy (non-hydrogen) atoms. The minimum absolute atomic E-state index is 0.416. The molecule has 0 radical (unpaired) electrons. The van der Waals surface area contributed by atoms with Gasteiger partial charge in [-0.3, -0.25) is 0 Å². The Labute approximate surface area is 95.1 Å². The lowest BCUT2D eigenvalue weighted by atomic mass is 10.2. The average Bonchev–Trinajstić information content (AvgIpc) is 2.09. The summed E-state index contributed by atoms with van der Waals surface area (Å²) in [4.78, 5) is 0. The van der Waals surface area contributed by atoms with Gasteiger partial charge in [-0.15, -0.1) is 11.6 Å². The summed E-state index contributed by atoms with van der Waals surface area (Å²) in [5.41, 5.74) is 0.921. The van der Waals surface area contributed by atoms with Gasteiger partial charge in [-0.25, -0.2) is 0 Å². The van der Waals surface area contributed by atoms with Crippen LogP contribution in [0.4, 0.5) is 0 Å². The van der Waals surface area contributed by atoms with Gasteiger partial charge in [0.15, 0.2) is 0 Å². The van der Waals surface area contributed by atoms with Crippen LogP contribution in [0, 0.1) is 3.57 Å². The second-order valence-electron chi connectivity index (χ2n) is 2.21. The van der Waals surface area contributed by atoms with Crippen LogP contribution < -0.4 is 4.74 Å². The van der Waals surface area contributed by atoms with E-state index in [1.807, 2.05) is 12.1 Å². The molecule has 0 fully saturated rings. The van der Waals surface area contributed by atoms with E-state index in [0.717, 1.165) is 14.9 Å². The summed E-state index contributed by atoms with van der Waals surface area (Å²) in [6.45, 7) is 0. The van der Waals surface area contributed by atoms with Gasteiger partial charge in [0.1, 0.15) is 5.75 Å².